The molecule has 1 amide bonds. The Hall–Kier alpha value is -0.232. The summed E-state index contributed by atoms with van der Waals surface area (Å²) < 4.78 is 0. The molecule has 0 saturated carbocycles. The van der Waals surface area contributed by atoms with Crippen LogP contribution < -0.4 is 5.32 Å². The van der Waals surface area contributed by atoms with E-state index in [1.807, 2.05) is 0 Å². The third-order valence-electron chi connectivity index (χ3n) is 0.903. The van der Waals surface area contributed by atoms with Crippen LogP contribution in [0.4, 0.5) is 0 Å². The Morgan fingerprint density at radius 3 is 2.44 bits per heavy atom. The first-order chi connectivity index (χ1) is 4.31. The van der Waals surface area contributed by atoms with Gasteiger partial charge >= 0.3 is 28.3 Å². The minimum absolute atomic E-state index is 0.204. The zero-order valence-corrected chi connectivity index (χ0v) is 7.14. The van der Waals surface area contributed by atoms with Crippen molar-refractivity contribution in [3.8, 4) is 0 Å². The Balaban J connectivity index is 0.000000187. The van der Waals surface area contributed by atoms with Gasteiger partial charge in [-0.3, -0.25) is 4.79 Å². The van der Waals surface area contributed by atoms with Crippen molar-refractivity contribution in [3.63, 3.8) is 0 Å². The van der Waals surface area contributed by atoms with Crippen LogP contribution in [0, 0.1) is 0 Å². The summed E-state index contributed by atoms with van der Waals surface area (Å²) >= 11 is 2.23. The molecule has 9 heavy (non-hydrogen) atoms. The molecule has 1 aliphatic heterocycles. The average Bonchev–Trinajstić information content (AvgIpc) is 2.20. The number of rotatable bonds is 0. The Bertz CT molecular complexity index is 95.2. The third kappa shape index (κ3) is 5.64. The Morgan fingerprint density at radius 1 is 1.78 bits per heavy atom. The summed E-state index contributed by atoms with van der Waals surface area (Å²) in [5.41, 5.74) is 0. The third-order valence-corrected chi connectivity index (χ3v) is 0.903. The van der Waals surface area contributed by atoms with Crippen LogP contribution >= 0.6 is 0 Å². The van der Waals surface area contributed by atoms with Crippen LogP contribution in [-0.2, 0) is 4.79 Å². The van der Waals surface area contributed by atoms with Gasteiger partial charge in [0, 0.05) is 13.0 Å². The monoisotopic (exact) mass is 187 g/mol. The standard InChI is InChI=1S/C4H7NO.C2H3As/c6-4-2-1-3-5-4;1-2-3/h1-3H2,(H,5,6);2H,1H2. The Kier molecular flexibility index (Phi) is 5.75. The van der Waals surface area contributed by atoms with E-state index < -0.39 is 0 Å². The second-order valence-corrected chi connectivity index (χ2v) is 2.40. The maximum Gasteiger partial charge on any atom is 0.220 e. The summed E-state index contributed by atoms with van der Waals surface area (Å²) in [5, 5.41) is 2.68. The smallest absolute Gasteiger partial charge is 0.220 e. The first-order valence-electron chi connectivity index (χ1n) is 2.83. The van der Waals surface area contributed by atoms with E-state index in [1.54, 1.807) is 4.86 Å². The molecule has 1 aliphatic rings. The summed E-state index contributed by atoms with van der Waals surface area (Å²) in [6, 6.07) is 0. The van der Waals surface area contributed by atoms with E-state index in [1.165, 1.54) is 0 Å². The van der Waals surface area contributed by atoms with Crippen LogP contribution in [0.5, 0.6) is 0 Å². The average molecular weight is 187 g/mol. The Morgan fingerprint density at radius 2 is 2.33 bits per heavy atom. The van der Waals surface area contributed by atoms with E-state index in [0.717, 1.165) is 19.4 Å². The van der Waals surface area contributed by atoms with E-state index in [0.29, 0.717) is 0 Å². The Labute approximate surface area is 64.2 Å². The molecule has 0 unspecified atom stereocenters. The molecule has 0 aromatic heterocycles. The molecule has 0 spiro atoms. The van der Waals surface area contributed by atoms with E-state index in [9.17, 15) is 4.79 Å². The van der Waals surface area contributed by atoms with E-state index in [4.69, 9.17) is 0 Å². The molecular formula is C6H10AsNO. The number of hydrogen-bond acceptors (Lipinski definition) is 1. The second kappa shape index (κ2) is 5.90. The molecule has 50 valence electrons. The van der Waals surface area contributed by atoms with Gasteiger partial charge in [0.25, 0.3) is 0 Å². The molecule has 1 N–H and O–H groups in total. The molecule has 1 heterocycles. The summed E-state index contributed by atoms with van der Waals surface area (Å²) in [7, 11) is 0. The summed E-state index contributed by atoms with van der Waals surface area (Å²) in [4.78, 5) is 11.8. The SMILES string of the molecule is C=C[As].O=C1CCCN1. The molecule has 2 nitrogen and oxygen atoms in total. The maximum absolute atomic E-state index is 10.1. The largest absolute Gasteiger partial charge is 0.356 e. The van der Waals surface area contributed by atoms with E-state index >= 15 is 0 Å². The first-order valence-corrected chi connectivity index (χ1v) is 3.91. The van der Waals surface area contributed by atoms with Gasteiger partial charge < -0.3 is 5.32 Å². The van der Waals surface area contributed by atoms with Gasteiger partial charge in [-0.25, -0.2) is 0 Å². The van der Waals surface area contributed by atoms with Gasteiger partial charge in [-0.2, -0.15) is 0 Å². The van der Waals surface area contributed by atoms with Crippen LogP contribution in [0.15, 0.2) is 11.4 Å². The van der Waals surface area contributed by atoms with Crippen molar-refractivity contribution in [2.24, 2.45) is 0 Å². The fraction of sp³-hybridized carbons (Fsp3) is 0.500. The molecule has 1 saturated heterocycles. The summed E-state index contributed by atoms with van der Waals surface area (Å²) in [6.07, 6.45) is 1.76. The van der Waals surface area contributed by atoms with Crippen LogP contribution in [0.25, 0.3) is 0 Å². The molecule has 0 atom stereocenters. The molecule has 1 rings (SSSR count). The maximum atomic E-state index is 10.1. The summed E-state index contributed by atoms with van der Waals surface area (Å²) in [5.74, 6) is 0.204. The predicted molar refractivity (Wildman–Crippen MR) is 38.2 cm³/mol. The normalized spacial score (nSPS) is 15.4. The number of carbonyl (C=O) groups excluding carboxylic acids is 1. The van der Waals surface area contributed by atoms with Crippen molar-refractivity contribution in [3.05, 3.63) is 11.4 Å². The fourth-order valence-corrected chi connectivity index (χ4v) is 0.565. The minimum Gasteiger partial charge on any atom is -0.356 e. The molecular weight excluding hydrogens is 177 g/mol. The van der Waals surface area contributed by atoms with Gasteiger partial charge in [-0.05, 0) is 6.42 Å². The zero-order valence-electron chi connectivity index (χ0n) is 5.26. The van der Waals surface area contributed by atoms with Crippen LogP contribution in [0.3, 0.4) is 0 Å². The predicted octanol–water partition coefficient (Wildman–Crippen LogP) is 0.195. The number of nitrogens with one attached hydrogen (secondary N) is 1. The van der Waals surface area contributed by atoms with Gasteiger partial charge in [0.2, 0.25) is 5.91 Å². The van der Waals surface area contributed by atoms with Crippen molar-refractivity contribution in [1.29, 1.82) is 0 Å². The van der Waals surface area contributed by atoms with Crippen molar-refractivity contribution in [2.75, 3.05) is 6.54 Å². The van der Waals surface area contributed by atoms with Gasteiger partial charge in [0.05, 0.1) is 0 Å². The molecule has 2 radical (unpaired) electrons. The van der Waals surface area contributed by atoms with Gasteiger partial charge in [-0.1, -0.05) is 0 Å². The number of amides is 1. The van der Waals surface area contributed by atoms with Crippen molar-refractivity contribution in [1.82, 2.24) is 5.32 Å². The molecule has 0 aliphatic carbocycles. The van der Waals surface area contributed by atoms with Crippen LogP contribution in [0.2, 0.25) is 0 Å². The molecule has 3 heteroatoms. The quantitative estimate of drug-likeness (QED) is 0.539. The van der Waals surface area contributed by atoms with Gasteiger partial charge in [0.15, 0.2) is 0 Å². The van der Waals surface area contributed by atoms with Crippen molar-refractivity contribution >= 4 is 22.8 Å². The zero-order chi connectivity index (χ0) is 7.11. The van der Waals surface area contributed by atoms with Gasteiger partial charge in [-0.15, -0.1) is 0 Å². The fourth-order valence-electron chi connectivity index (χ4n) is 0.565. The molecule has 0 aromatic carbocycles. The van der Waals surface area contributed by atoms with Gasteiger partial charge in [0.1, 0.15) is 0 Å². The molecule has 1 fully saturated rings. The summed E-state index contributed by atoms with van der Waals surface area (Å²) in [6.45, 7) is 4.22. The number of hydrogen-bond donors (Lipinski definition) is 1. The van der Waals surface area contributed by atoms with Crippen molar-refractivity contribution < 1.29 is 4.79 Å². The topological polar surface area (TPSA) is 29.1 Å². The minimum atomic E-state index is 0.204. The molecule has 0 aromatic rings. The second-order valence-electron chi connectivity index (χ2n) is 1.64. The molecule has 0 bridgehead atoms. The van der Waals surface area contributed by atoms with E-state index in [2.05, 4.69) is 28.7 Å². The van der Waals surface area contributed by atoms with Crippen LogP contribution in [0.1, 0.15) is 12.8 Å². The first kappa shape index (κ1) is 8.77. The van der Waals surface area contributed by atoms with E-state index in [-0.39, 0.29) is 5.91 Å². The van der Waals surface area contributed by atoms with Crippen LogP contribution in [-0.4, -0.2) is 29.3 Å². The van der Waals surface area contributed by atoms with Crippen molar-refractivity contribution in [2.45, 2.75) is 12.8 Å². The number of carbonyl (C=O) groups is 1.